The molecule has 6 nitrogen and oxygen atoms in total. The minimum absolute atomic E-state index is 0.0684. The van der Waals surface area contributed by atoms with Crippen LogP contribution in [-0.4, -0.2) is 29.4 Å². The van der Waals surface area contributed by atoms with Gasteiger partial charge < -0.3 is 15.7 Å². The lowest BCUT2D eigenvalue weighted by atomic mass is 10.1. The number of benzene rings is 1. The van der Waals surface area contributed by atoms with E-state index in [4.69, 9.17) is 5.11 Å². The van der Waals surface area contributed by atoms with Crippen LogP contribution >= 0.6 is 0 Å². The third-order valence-electron chi connectivity index (χ3n) is 3.16. The first-order chi connectivity index (χ1) is 10.4. The highest BCUT2D eigenvalue weighted by Gasteiger charge is 2.10. The second kappa shape index (κ2) is 8.81. The first-order valence-corrected chi connectivity index (χ1v) is 7.34. The topological polar surface area (TPSA) is 95.5 Å². The van der Waals surface area contributed by atoms with Gasteiger partial charge in [-0.3, -0.25) is 14.4 Å². The van der Waals surface area contributed by atoms with Crippen molar-refractivity contribution in [1.29, 1.82) is 0 Å². The summed E-state index contributed by atoms with van der Waals surface area (Å²) in [6.07, 6.45) is 1.32. The predicted molar refractivity (Wildman–Crippen MR) is 83.9 cm³/mol. The average molecular weight is 306 g/mol. The van der Waals surface area contributed by atoms with E-state index in [1.165, 1.54) is 0 Å². The van der Waals surface area contributed by atoms with E-state index in [-0.39, 0.29) is 24.7 Å². The number of aryl methyl sites for hydroxylation is 1. The lowest BCUT2D eigenvalue weighted by Crippen LogP contribution is -2.23. The molecule has 0 aliphatic rings. The average Bonchev–Trinajstić information content (AvgIpc) is 2.46. The smallest absolute Gasteiger partial charge is 0.303 e. The van der Waals surface area contributed by atoms with Crippen LogP contribution in [0.4, 0.5) is 5.69 Å². The molecule has 0 heterocycles. The van der Waals surface area contributed by atoms with E-state index >= 15 is 0 Å². The molecule has 1 aromatic rings. The maximum absolute atomic E-state index is 11.9. The predicted octanol–water partition coefficient (Wildman–Crippen LogP) is 2.33. The lowest BCUT2D eigenvalue weighted by molar-refractivity contribution is -0.137. The molecule has 0 fully saturated rings. The van der Waals surface area contributed by atoms with Gasteiger partial charge in [0.1, 0.15) is 0 Å². The molecule has 0 atom stereocenters. The van der Waals surface area contributed by atoms with Crippen molar-refractivity contribution >= 4 is 23.5 Å². The van der Waals surface area contributed by atoms with E-state index in [1.807, 2.05) is 13.8 Å². The van der Waals surface area contributed by atoms with Crippen LogP contribution in [0.3, 0.4) is 0 Å². The van der Waals surface area contributed by atoms with Crippen LogP contribution < -0.4 is 10.6 Å². The minimum Gasteiger partial charge on any atom is -0.481 e. The molecule has 0 unspecified atom stereocenters. The number of rotatable bonds is 8. The Balaban J connectivity index is 2.60. The van der Waals surface area contributed by atoms with Crippen molar-refractivity contribution in [2.45, 2.75) is 39.5 Å². The summed E-state index contributed by atoms with van der Waals surface area (Å²) < 4.78 is 0. The van der Waals surface area contributed by atoms with Gasteiger partial charge in [-0.1, -0.05) is 6.07 Å². The summed E-state index contributed by atoms with van der Waals surface area (Å²) >= 11 is 0. The first-order valence-electron chi connectivity index (χ1n) is 7.34. The number of nitrogens with one attached hydrogen (secondary N) is 2. The molecule has 6 heteroatoms. The van der Waals surface area contributed by atoms with Crippen molar-refractivity contribution in [1.82, 2.24) is 5.32 Å². The summed E-state index contributed by atoms with van der Waals surface area (Å²) in [7, 11) is 0. The number of anilines is 1. The fourth-order valence-corrected chi connectivity index (χ4v) is 1.94. The number of unbranched alkanes of at least 4 members (excludes halogenated alkanes) is 1. The number of aliphatic carboxylic acids is 1. The maximum atomic E-state index is 11.9. The van der Waals surface area contributed by atoms with Gasteiger partial charge in [0.2, 0.25) is 5.91 Å². The van der Waals surface area contributed by atoms with Crippen LogP contribution in [0.15, 0.2) is 18.2 Å². The Morgan fingerprint density at radius 2 is 1.82 bits per heavy atom. The zero-order valence-electron chi connectivity index (χ0n) is 12.9. The van der Waals surface area contributed by atoms with E-state index in [0.29, 0.717) is 30.6 Å². The second-order valence-corrected chi connectivity index (χ2v) is 5.04. The van der Waals surface area contributed by atoms with Gasteiger partial charge in [0.15, 0.2) is 0 Å². The van der Waals surface area contributed by atoms with Crippen LogP contribution in [0, 0.1) is 6.92 Å². The zero-order valence-corrected chi connectivity index (χ0v) is 12.9. The highest BCUT2D eigenvalue weighted by Crippen LogP contribution is 2.17. The Morgan fingerprint density at radius 1 is 1.14 bits per heavy atom. The third-order valence-corrected chi connectivity index (χ3v) is 3.16. The molecule has 0 saturated carbocycles. The Morgan fingerprint density at radius 3 is 2.45 bits per heavy atom. The van der Waals surface area contributed by atoms with Crippen LogP contribution in [0.2, 0.25) is 0 Å². The van der Waals surface area contributed by atoms with E-state index in [9.17, 15) is 14.4 Å². The van der Waals surface area contributed by atoms with E-state index in [0.717, 1.165) is 5.56 Å². The molecule has 0 aromatic heterocycles. The summed E-state index contributed by atoms with van der Waals surface area (Å²) in [6, 6.07) is 5.14. The van der Waals surface area contributed by atoms with Crippen molar-refractivity contribution in [2.75, 3.05) is 11.9 Å². The Labute approximate surface area is 129 Å². The molecule has 0 saturated heterocycles. The van der Waals surface area contributed by atoms with Gasteiger partial charge in [0, 0.05) is 30.6 Å². The van der Waals surface area contributed by atoms with Crippen LogP contribution in [0.5, 0.6) is 0 Å². The largest absolute Gasteiger partial charge is 0.481 e. The summed E-state index contributed by atoms with van der Waals surface area (Å²) in [4.78, 5) is 34.0. The van der Waals surface area contributed by atoms with Gasteiger partial charge in [-0.05, 0) is 44.4 Å². The molecule has 3 N–H and O–H groups in total. The lowest BCUT2D eigenvalue weighted by Gasteiger charge is -2.10. The summed E-state index contributed by atoms with van der Waals surface area (Å²) in [5, 5.41) is 14.0. The van der Waals surface area contributed by atoms with E-state index < -0.39 is 5.97 Å². The van der Waals surface area contributed by atoms with Gasteiger partial charge in [-0.2, -0.15) is 0 Å². The van der Waals surface area contributed by atoms with E-state index in [1.54, 1.807) is 18.2 Å². The highest BCUT2D eigenvalue weighted by molar-refractivity contribution is 5.97. The monoisotopic (exact) mass is 306 g/mol. The zero-order chi connectivity index (χ0) is 16.5. The number of carbonyl (C=O) groups excluding carboxylic acids is 2. The van der Waals surface area contributed by atoms with Crippen molar-refractivity contribution in [3.8, 4) is 0 Å². The summed E-state index contributed by atoms with van der Waals surface area (Å²) in [6.45, 7) is 4.23. The number of carboxylic acid groups (broad SMARTS) is 1. The van der Waals surface area contributed by atoms with Gasteiger partial charge in [0.05, 0.1) is 0 Å². The molecule has 0 spiro atoms. The van der Waals surface area contributed by atoms with Crippen molar-refractivity contribution in [3.63, 3.8) is 0 Å². The highest BCUT2D eigenvalue weighted by atomic mass is 16.4. The number of hydrogen-bond donors (Lipinski definition) is 3. The van der Waals surface area contributed by atoms with Gasteiger partial charge in [-0.15, -0.1) is 0 Å². The molecule has 0 aliphatic carbocycles. The summed E-state index contributed by atoms with van der Waals surface area (Å²) in [5.41, 5.74) is 1.97. The molecule has 2 amide bonds. The Hall–Kier alpha value is -2.37. The number of hydrogen-bond acceptors (Lipinski definition) is 3. The SMILES string of the molecule is CCNC(=O)c1ccc(C)c(NC(=O)CCCCC(=O)O)c1. The fraction of sp³-hybridized carbons (Fsp3) is 0.438. The van der Waals surface area contributed by atoms with Crippen molar-refractivity contribution in [2.24, 2.45) is 0 Å². The van der Waals surface area contributed by atoms with Crippen molar-refractivity contribution < 1.29 is 19.5 Å². The van der Waals surface area contributed by atoms with Gasteiger partial charge >= 0.3 is 5.97 Å². The molecular weight excluding hydrogens is 284 g/mol. The molecule has 0 radical (unpaired) electrons. The Bertz CT molecular complexity index is 555. The molecule has 1 aromatic carbocycles. The molecule has 1 rings (SSSR count). The maximum Gasteiger partial charge on any atom is 0.303 e. The first kappa shape index (κ1) is 17.7. The molecule has 0 bridgehead atoms. The van der Waals surface area contributed by atoms with Crippen LogP contribution in [0.25, 0.3) is 0 Å². The standard InChI is InChI=1S/C16H22N2O4/c1-3-17-16(22)12-9-8-11(2)13(10-12)18-14(19)6-4-5-7-15(20)21/h8-10H,3-7H2,1-2H3,(H,17,22)(H,18,19)(H,20,21). The number of carboxylic acids is 1. The van der Waals surface area contributed by atoms with Gasteiger partial charge in [0.25, 0.3) is 5.91 Å². The quantitative estimate of drug-likeness (QED) is 0.642. The van der Waals surface area contributed by atoms with E-state index in [2.05, 4.69) is 10.6 Å². The number of carbonyl (C=O) groups is 3. The molecular formula is C16H22N2O4. The fourth-order valence-electron chi connectivity index (χ4n) is 1.94. The van der Waals surface area contributed by atoms with Gasteiger partial charge in [-0.25, -0.2) is 0 Å². The normalized spacial score (nSPS) is 10.1. The summed E-state index contributed by atoms with van der Waals surface area (Å²) in [5.74, 6) is -1.22. The van der Waals surface area contributed by atoms with Crippen LogP contribution in [0.1, 0.15) is 48.5 Å². The molecule has 120 valence electrons. The second-order valence-electron chi connectivity index (χ2n) is 5.04. The minimum atomic E-state index is -0.856. The Kier molecular flexibility index (Phi) is 7.08. The number of amides is 2. The molecule has 22 heavy (non-hydrogen) atoms. The molecule has 0 aliphatic heterocycles. The van der Waals surface area contributed by atoms with Crippen molar-refractivity contribution in [3.05, 3.63) is 29.3 Å². The van der Waals surface area contributed by atoms with Crippen LogP contribution in [-0.2, 0) is 9.59 Å². The third kappa shape index (κ3) is 5.95.